The normalized spacial score (nSPS) is 12.0. The van der Waals surface area contributed by atoms with E-state index in [9.17, 15) is 0 Å². The number of anilines is 1. The summed E-state index contributed by atoms with van der Waals surface area (Å²) in [4.78, 5) is 7.22. The second kappa shape index (κ2) is 3.62. The average molecular weight is 204 g/mol. The van der Waals surface area contributed by atoms with Crippen molar-refractivity contribution in [3.05, 3.63) is 24.4 Å². The topological polar surface area (TPSA) is 86.4 Å². The lowest BCUT2D eigenvalue weighted by Gasteiger charge is -1.97. The number of aromatic amines is 1. The molecule has 0 aliphatic rings. The highest BCUT2D eigenvalue weighted by atomic mass is 16.5. The zero-order valence-corrected chi connectivity index (χ0v) is 8.28. The third-order valence-electron chi connectivity index (χ3n) is 2.18. The van der Waals surface area contributed by atoms with Crippen LogP contribution in [0.3, 0.4) is 0 Å². The summed E-state index contributed by atoms with van der Waals surface area (Å²) in [7, 11) is 0. The van der Waals surface area contributed by atoms with Crippen LogP contribution >= 0.6 is 0 Å². The molecule has 0 bridgehead atoms. The van der Waals surface area contributed by atoms with Gasteiger partial charge in [0.2, 0.25) is 0 Å². The van der Waals surface area contributed by atoms with Crippen LogP contribution in [0.25, 0.3) is 10.9 Å². The molecule has 0 fully saturated rings. The molecule has 0 aliphatic carbocycles. The molecule has 1 aromatic heterocycles. The summed E-state index contributed by atoms with van der Waals surface area (Å²) in [6.45, 7) is 1.67. The molecule has 5 heteroatoms. The first kappa shape index (κ1) is 9.54. The van der Waals surface area contributed by atoms with Crippen LogP contribution in [0.1, 0.15) is 6.92 Å². The fourth-order valence-corrected chi connectivity index (χ4v) is 1.46. The lowest BCUT2D eigenvalue weighted by Crippen LogP contribution is -2.13. The monoisotopic (exact) mass is 204 g/mol. The van der Waals surface area contributed by atoms with E-state index in [-0.39, 0.29) is 0 Å². The second-order valence-corrected chi connectivity index (χ2v) is 3.25. The molecule has 0 atom stereocenters. The molecule has 15 heavy (non-hydrogen) atoms. The molecule has 5 N–H and O–H groups in total. The standard InChI is InChI=1S/C10H12N4O/c1-6(14-15)13-9-5-12-10-7(9)3-2-4-8(10)11/h2-5,12,15H,11H2,1H3,(H,13,14). The predicted octanol–water partition coefficient (Wildman–Crippen LogP) is 1.78. The van der Waals surface area contributed by atoms with Gasteiger partial charge in [-0.3, -0.25) is 10.7 Å². The highest BCUT2D eigenvalue weighted by Crippen LogP contribution is 2.28. The lowest BCUT2D eigenvalue weighted by molar-refractivity contribution is 0.234. The Morgan fingerprint density at radius 2 is 2.33 bits per heavy atom. The Morgan fingerprint density at radius 1 is 1.53 bits per heavy atom. The second-order valence-electron chi connectivity index (χ2n) is 3.25. The molecular formula is C10H12N4O. The van der Waals surface area contributed by atoms with Gasteiger partial charge in [-0.1, -0.05) is 12.1 Å². The van der Waals surface area contributed by atoms with E-state index in [4.69, 9.17) is 10.9 Å². The number of amidine groups is 1. The fraction of sp³-hybridized carbons (Fsp3) is 0.100. The molecule has 0 radical (unpaired) electrons. The summed E-state index contributed by atoms with van der Waals surface area (Å²) >= 11 is 0. The number of aliphatic imine (C=N–C) groups is 1. The first-order chi connectivity index (χ1) is 7.22. The van der Waals surface area contributed by atoms with Crippen LogP contribution in [0, 0.1) is 0 Å². The largest absolute Gasteiger partial charge is 0.397 e. The Hall–Kier alpha value is -2.01. The van der Waals surface area contributed by atoms with Crippen LogP contribution in [0.4, 0.5) is 11.4 Å². The maximum absolute atomic E-state index is 8.64. The number of nitrogens with two attached hydrogens (primary N) is 1. The number of fused-ring (bicyclic) bond motifs is 1. The first-order valence-electron chi connectivity index (χ1n) is 4.53. The first-order valence-corrected chi connectivity index (χ1v) is 4.53. The molecule has 1 heterocycles. The molecule has 0 amide bonds. The SMILES string of the molecule is CC(=Nc1c[nH]c2c(N)cccc12)NO. The van der Waals surface area contributed by atoms with Gasteiger partial charge in [-0.2, -0.15) is 0 Å². The van der Waals surface area contributed by atoms with Gasteiger partial charge in [0.1, 0.15) is 5.84 Å². The number of nitrogen functional groups attached to an aromatic ring is 1. The Kier molecular flexibility index (Phi) is 2.31. The van der Waals surface area contributed by atoms with E-state index in [1.165, 1.54) is 0 Å². The van der Waals surface area contributed by atoms with Crippen LogP contribution in [0.2, 0.25) is 0 Å². The molecule has 78 valence electrons. The smallest absolute Gasteiger partial charge is 0.123 e. The van der Waals surface area contributed by atoms with Crippen molar-refractivity contribution in [2.75, 3.05) is 5.73 Å². The Morgan fingerprint density at radius 3 is 3.07 bits per heavy atom. The molecule has 0 spiro atoms. The van der Waals surface area contributed by atoms with Crippen LogP contribution < -0.4 is 11.2 Å². The molecular weight excluding hydrogens is 192 g/mol. The minimum absolute atomic E-state index is 0.429. The van der Waals surface area contributed by atoms with Gasteiger partial charge in [0, 0.05) is 11.6 Å². The number of hydroxylamine groups is 1. The quantitative estimate of drug-likeness (QED) is 0.247. The summed E-state index contributed by atoms with van der Waals surface area (Å²) in [5, 5.41) is 9.58. The zero-order chi connectivity index (χ0) is 10.8. The van der Waals surface area contributed by atoms with Crippen molar-refractivity contribution >= 4 is 28.1 Å². The number of nitrogens with zero attached hydrogens (tertiary/aromatic N) is 1. The number of aromatic nitrogens is 1. The van der Waals surface area contributed by atoms with Crippen LogP contribution in [0.5, 0.6) is 0 Å². The van der Waals surface area contributed by atoms with E-state index >= 15 is 0 Å². The minimum Gasteiger partial charge on any atom is -0.397 e. The molecule has 0 saturated carbocycles. The number of hydrogen-bond acceptors (Lipinski definition) is 3. The summed E-state index contributed by atoms with van der Waals surface area (Å²) in [5.41, 5.74) is 10.1. The molecule has 2 aromatic rings. The number of nitrogens with one attached hydrogen (secondary N) is 2. The summed E-state index contributed by atoms with van der Waals surface area (Å²) in [5.74, 6) is 0.429. The molecule has 2 rings (SSSR count). The van der Waals surface area contributed by atoms with E-state index in [1.807, 2.05) is 23.7 Å². The van der Waals surface area contributed by atoms with Crippen molar-refractivity contribution in [1.29, 1.82) is 0 Å². The number of rotatable bonds is 1. The molecule has 1 aromatic carbocycles. The number of H-pyrrole nitrogens is 1. The predicted molar refractivity (Wildman–Crippen MR) is 60.4 cm³/mol. The van der Waals surface area contributed by atoms with Crippen molar-refractivity contribution in [3.63, 3.8) is 0 Å². The van der Waals surface area contributed by atoms with Crippen molar-refractivity contribution in [2.45, 2.75) is 6.92 Å². The summed E-state index contributed by atoms with van der Waals surface area (Å²) in [6.07, 6.45) is 1.75. The van der Waals surface area contributed by atoms with E-state index in [1.54, 1.807) is 13.1 Å². The third kappa shape index (κ3) is 1.64. The van der Waals surface area contributed by atoms with E-state index in [2.05, 4.69) is 9.98 Å². The maximum Gasteiger partial charge on any atom is 0.123 e. The van der Waals surface area contributed by atoms with E-state index in [0.717, 1.165) is 16.6 Å². The van der Waals surface area contributed by atoms with Gasteiger partial charge in [-0.15, -0.1) is 0 Å². The summed E-state index contributed by atoms with van der Waals surface area (Å²) in [6, 6.07) is 5.61. The average Bonchev–Trinajstić information content (AvgIpc) is 2.63. The number of benzene rings is 1. The molecule has 0 unspecified atom stereocenters. The van der Waals surface area contributed by atoms with Gasteiger partial charge in [-0.25, -0.2) is 4.99 Å². The van der Waals surface area contributed by atoms with Gasteiger partial charge >= 0.3 is 0 Å². The van der Waals surface area contributed by atoms with Gasteiger partial charge in [0.05, 0.1) is 16.9 Å². The van der Waals surface area contributed by atoms with Crippen molar-refractivity contribution < 1.29 is 5.21 Å². The molecule has 0 aliphatic heterocycles. The van der Waals surface area contributed by atoms with Crippen molar-refractivity contribution in [2.24, 2.45) is 4.99 Å². The van der Waals surface area contributed by atoms with Crippen molar-refractivity contribution in [3.8, 4) is 0 Å². The third-order valence-corrected chi connectivity index (χ3v) is 2.18. The minimum atomic E-state index is 0.429. The van der Waals surface area contributed by atoms with Crippen molar-refractivity contribution in [1.82, 2.24) is 10.5 Å². The Labute approximate surface area is 86.6 Å². The summed E-state index contributed by atoms with van der Waals surface area (Å²) < 4.78 is 0. The van der Waals surface area contributed by atoms with Crippen LogP contribution in [0.15, 0.2) is 29.4 Å². The van der Waals surface area contributed by atoms with Gasteiger partial charge in [-0.05, 0) is 13.0 Å². The van der Waals surface area contributed by atoms with Crippen LogP contribution in [-0.4, -0.2) is 16.0 Å². The number of para-hydroxylation sites is 1. The number of hydrogen-bond donors (Lipinski definition) is 4. The Bertz CT molecular complexity index is 515. The van der Waals surface area contributed by atoms with E-state index in [0.29, 0.717) is 11.5 Å². The van der Waals surface area contributed by atoms with Gasteiger partial charge < -0.3 is 10.7 Å². The van der Waals surface area contributed by atoms with E-state index < -0.39 is 0 Å². The lowest BCUT2D eigenvalue weighted by atomic mass is 10.2. The maximum atomic E-state index is 8.64. The Balaban J connectivity index is 2.59. The molecule has 0 saturated heterocycles. The van der Waals surface area contributed by atoms with Gasteiger partial charge in [0.25, 0.3) is 0 Å². The zero-order valence-electron chi connectivity index (χ0n) is 8.28. The highest BCUT2D eigenvalue weighted by molar-refractivity contribution is 5.99. The fourth-order valence-electron chi connectivity index (χ4n) is 1.46. The highest BCUT2D eigenvalue weighted by Gasteiger charge is 2.04. The van der Waals surface area contributed by atoms with Gasteiger partial charge in [0.15, 0.2) is 0 Å². The molecule has 5 nitrogen and oxygen atoms in total. The van der Waals surface area contributed by atoms with Crippen LogP contribution in [-0.2, 0) is 0 Å².